The fourth-order valence-corrected chi connectivity index (χ4v) is 2.82. The van der Waals surface area contributed by atoms with E-state index < -0.39 is 8.07 Å². The summed E-state index contributed by atoms with van der Waals surface area (Å²) in [7, 11) is -1.18. The van der Waals surface area contributed by atoms with Crippen LogP contribution in [-0.4, -0.2) is 25.1 Å². The van der Waals surface area contributed by atoms with Gasteiger partial charge in [0.25, 0.3) is 5.91 Å². The van der Waals surface area contributed by atoms with Crippen molar-refractivity contribution < 1.29 is 4.79 Å². The number of carbonyl (C=O) groups excluding carboxylic acids is 1. The van der Waals surface area contributed by atoms with Crippen LogP contribution in [0.2, 0.25) is 19.6 Å². The van der Waals surface area contributed by atoms with Crippen LogP contribution in [0.3, 0.4) is 0 Å². The Morgan fingerprint density at radius 2 is 2.13 bits per heavy atom. The lowest BCUT2D eigenvalue weighted by Gasteiger charge is -2.18. The summed E-state index contributed by atoms with van der Waals surface area (Å²) in [5.41, 5.74) is 0.777. The highest BCUT2D eigenvalue weighted by molar-refractivity contribution is 6.75. The summed E-state index contributed by atoms with van der Waals surface area (Å²) in [5, 5.41) is 2.83. The molecule has 15 heavy (non-hydrogen) atoms. The summed E-state index contributed by atoms with van der Waals surface area (Å²) in [6.07, 6.45) is 2.98. The van der Waals surface area contributed by atoms with E-state index in [0.29, 0.717) is 6.54 Å². The predicted octanol–water partition coefficient (Wildman–Crippen LogP) is 2.12. The van der Waals surface area contributed by atoms with Gasteiger partial charge in [0.05, 0.1) is 8.07 Å². The van der Waals surface area contributed by atoms with E-state index in [9.17, 15) is 4.79 Å². The van der Waals surface area contributed by atoms with Crippen LogP contribution in [0, 0.1) is 0 Å². The summed E-state index contributed by atoms with van der Waals surface area (Å²) in [6.45, 7) is 9.51. The molecule has 0 spiro atoms. The zero-order chi connectivity index (χ0) is 11.5. The van der Waals surface area contributed by atoms with Gasteiger partial charge < -0.3 is 9.88 Å². The molecule has 0 aliphatic rings. The van der Waals surface area contributed by atoms with Crippen LogP contribution in [0.4, 0.5) is 0 Å². The quantitative estimate of drug-likeness (QED) is 0.781. The van der Waals surface area contributed by atoms with E-state index in [1.54, 1.807) is 0 Å². The van der Waals surface area contributed by atoms with Crippen molar-refractivity contribution in [1.29, 1.82) is 0 Å². The topological polar surface area (TPSA) is 34.0 Å². The fourth-order valence-electron chi connectivity index (χ4n) is 1.52. The van der Waals surface area contributed by atoms with Crippen LogP contribution in [-0.2, 0) is 6.17 Å². The highest BCUT2D eigenvalue weighted by Crippen LogP contribution is 2.09. The van der Waals surface area contributed by atoms with Crippen molar-refractivity contribution >= 4 is 14.0 Å². The lowest BCUT2D eigenvalue weighted by atomic mass is 10.4. The normalized spacial score (nSPS) is 11.5. The molecule has 0 unspecified atom stereocenters. The molecule has 0 saturated carbocycles. The molecule has 4 heteroatoms. The number of hydrogen-bond acceptors (Lipinski definition) is 1. The molecule has 0 atom stereocenters. The lowest BCUT2D eigenvalue weighted by Crippen LogP contribution is -2.32. The van der Waals surface area contributed by atoms with Crippen molar-refractivity contribution in [3.63, 3.8) is 0 Å². The molecule has 3 nitrogen and oxygen atoms in total. The molecule has 0 fully saturated rings. The average molecular weight is 224 g/mol. The van der Waals surface area contributed by atoms with Gasteiger partial charge in [-0.3, -0.25) is 4.79 Å². The van der Waals surface area contributed by atoms with E-state index in [-0.39, 0.29) is 5.91 Å². The predicted molar refractivity (Wildman–Crippen MR) is 65.8 cm³/mol. The molecule has 1 aromatic heterocycles. The van der Waals surface area contributed by atoms with Gasteiger partial charge in [0, 0.05) is 18.9 Å². The van der Waals surface area contributed by atoms with Crippen LogP contribution >= 0.6 is 0 Å². The van der Waals surface area contributed by atoms with E-state index in [4.69, 9.17) is 0 Å². The first-order valence-corrected chi connectivity index (χ1v) is 9.08. The molecular formula is C11H20N2OSi. The Balaban J connectivity index is 2.82. The number of nitrogens with one attached hydrogen (secondary N) is 1. The maximum Gasteiger partial charge on any atom is 0.267 e. The van der Waals surface area contributed by atoms with Gasteiger partial charge in [0.2, 0.25) is 0 Å². The fraction of sp³-hybridized carbons (Fsp3) is 0.545. The largest absolute Gasteiger partial charge is 0.351 e. The Labute approximate surface area is 92.5 Å². The second-order valence-electron chi connectivity index (χ2n) is 4.94. The highest BCUT2D eigenvalue weighted by atomic mass is 28.3. The van der Waals surface area contributed by atoms with Gasteiger partial charge in [0.15, 0.2) is 0 Å². The third-order valence-corrected chi connectivity index (χ3v) is 3.33. The summed E-state index contributed by atoms with van der Waals surface area (Å²) in [4.78, 5) is 11.7. The maximum absolute atomic E-state index is 11.7. The maximum atomic E-state index is 11.7. The number of amides is 1. The Bertz CT molecular complexity index is 339. The smallest absolute Gasteiger partial charge is 0.267 e. The van der Waals surface area contributed by atoms with Gasteiger partial charge in [-0.05, 0) is 19.1 Å². The molecule has 0 aliphatic carbocycles. The molecule has 0 aliphatic heterocycles. The van der Waals surface area contributed by atoms with E-state index >= 15 is 0 Å². The molecule has 84 valence electrons. The third-order valence-electron chi connectivity index (χ3n) is 2.04. The number of nitrogens with zero attached hydrogens (tertiary/aromatic N) is 1. The standard InChI is InChI=1S/C11H20N2OSi/c1-5-12-11(14)10-7-6-8-13(10)9-15(2,3)4/h6-8H,5,9H2,1-4H3,(H,12,14). The number of aromatic nitrogens is 1. The van der Waals surface area contributed by atoms with Crippen molar-refractivity contribution in [1.82, 2.24) is 9.88 Å². The van der Waals surface area contributed by atoms with Gasteiger partial charge in [0.1, 0.15) is 5.69 Å². The minimum Gasteiger partial charge on any atom is -0.351 e. The van der Waals surface area contributed by atoms with Gasteiger partial charge in [-0.1, -0.05) is 19.6 Å². The first-order valence-electron chi connectivity index (χ1n) is 5.37. The second kappa shape index (κ2) is 4.66. The second-order valence-corrected chi connectivity index (χ2v) is 10.4. The van der Waals surface area contributed by atoms with E-state index in [1.807, 2.05) is 25.3 Å². The van der Waals surface area contributed by atoms with Crippen molar-refractivity contribution in [3.05, 3.63) is 24.0 Å². The Morgan fingerprint density at radius 1 is 1.47 bits per heavy atom. The zero-order valence-electron chi connectivity index (χ0n) is 10.0. The van der Waals surface area contributed by atoms with Crippen LogP contribution in [0.1, 0.15) is 17.4 Å². The molecule has 0 saturated heterocycles. The van der Waals surface area contributed by atoms with Gasteiger partial charge >= 0.3 is 0 Å². The summed E-state index contributed by atoms with van der Waals surface area (Å²) >= 11 is 0. The Kier molecular flexibility index (Phi) is 3.74. The molecule has 1 N–H and O–H groups in total. The summed E-state index contributed by atoms with van der Waals surface area (Å²) in [5.74, 6) is 0.0285. The molecule has 0 radical (unpaired) electrons. The summed E-state index contributed by atoms with van der Waals surface area (Å²) in [6, 6.07) is 3.82. The van der Waals surface area contributed by atoms with Crippen molar-refractivity contribution in [3.8, 4) is 0 Å². The zero-order valence-corrected chi connectivity index (χ0v) is 11.0. The van der Waals surface area contributed by atoms with E-state index in [1.165, 1.54) is 0 Å². The van der Waals surface area contributed by atoms with Gasteiger partial charge in [-0.25, -0.2) is 0 Å². The average Bonchev–Trinajstić information content (AvgIpc) is 2.49. The summed E-state index contributed by atoms with van der Waals surface area (Å²) < 4.78 is 2.07. The van der Waals surface area contributed by atoms with Gasteiger partial charge in [-0.2, -0.15) is 0 Å². The van der Waals surface area contributed by atoms with Crippen molar-refractivity contribution in [2.24, 2.45) is 0 Å². The Hall–Kier alpha value is -1.03. The molecule has 1 aromatic rings. The Morgan fingerprint density at radius 3 is 2.67 bits per heavy atom. The van der Waals surface area contributed by atoms with Crippen LogP contribution in [0.25, 0.3) is 0 Å². The van der Waals surface area contributed by atoms with E-state index in [0.717, 1.165) is 11.9 Å². The molecule has 0 bridgehead atoms. The molecule has 0 aromatic carbocycles. The van der Waals surface area contributed by atoms with Crippen LogP contribution in [0.15, 0.2) is 18.3 Å². The van der Waals surface area contributed by atoms with Crippen molar-refractivity contribution in [2.75, 3.05) is 6.54 Å². The number of rotatable bonds is 4. The highest BCUT2D eigenvalue weighted by Gasteiger charge is 2.17. The molecule has 1 amide bonds. The molecular weight excluding hydrogens is 204 g/mol. The minimum atomic E-state index is -1.18. The first-order chi connectivity index (χ1) is 6.94. The third kappa shape index (κ3) is 3.55. The van der Waals surface area contributed by atoms with Crippen LogP contribution < -0.4 is 5.32 Å². The van der Waals surface area contributed by atoms with Gasteiger partial charge in [-0.15, -0.1) is 0 Å². The first kappa shape index (κ1) is 12.0. The van der Waals surface area contributed by atoms with E-state index in [2.05, 4.69) is 29.5 Å². The SMILES string of the molecule is CCNC(=O)c1cccn1C[Si](C)(C)C. The number of carbonyl (C=O) groups is 1. The molecule has 1 heterocycles. The monoisotopic (exact) mass is 224 g/mol. The molecule has 1 rings (SSSR count). The minimum absolute atomic E-state index is 0.0285. The lowest BCUT2D eigenvalue weighted by molar-refractivity contribution is 0.0947. The van der Waals surface area contributed by atoms with Crippen LogP contribution in [0.5, 0.6) is 0 Å². The number of hydrogen-bond donors (Lipinski definition) is 1. The van der Waals surface area contributed by atoms with Crippen molar-refractivity contribution in [2.45, 2.75) is 32.7 Å².